The third-order valence-corrected chi connectivity index (χ3v) is 3.65. The summed E-state index contributed by atoms with van der Waals surface area (Å²) in [6, 6.07) is 10.5. The fraction of sp³-hybridized carbons (Fsp3) is 0.278. The van der Waals surface area contributed by atoms with Crippen LogP contribution in [-0.4, -0.2) is 29.8 Å². The molecule has 2 rings (SSSR count). The molecule has 0 saturated carbocycles. The Kier molecular flexibility index (Phi) is 5.46. The van der Waals surface area contributed by atoms with Crippen LogP contribution in [0.1, 0.15) is 41.6 Å². The lowest BCUT2D eigenvalue weighted by atomic mass is 10.1. The Hall–Kier alpha value is -2.69. The van der Waals surface area contributed by atoms with Gasteiger partial charge in [-0.05, 0) is 57.2 Å². The van der Waals surface area contributed by atoms with Crippen molar-refractivity contribution in [1.82, 2.24) is 4.98 Å². The van der Waals surface area contributed by atoms with Crippen molar-refractivity contribution in [3.63, 3.8) is 0 Å². The van der Waals surface area contributed by atoms with Crippen molar-refractivity contribution in [3.05, 3.63) is 53.9 Å². The van der Waals surface area contributed by atoms with E-state index in [1.165, 1.54) is 6.92 Å². The summed E-state index contributed by atoms with van der Waals surface area (Å²) in [5, 5.41) is 2.80. The zero-order valence-corrected chi connectivity index (χ0v) is 13.7. The molecule has 1 N–H and O–H groups in total. The van der Waals surface area contributed by atoms with Gasteiger partial charge in [-0.1, -0.05) is 0 Å². The summed E-state index contributed by atoms with van der Waals surface area (Å²) in [5.41, 5.74) is 2.59. The highest BCUT2D eigenvalue weighted by atomic mass is 16.2. The molecule has 0 aliphatic rings. The molecule has 0 spiro atoms. The first-order chi connectivity index (χ1) is 11.0. The van der Waals surface area contributed by atoms with Gasteiger partial charge in [0.15, 0.2) is 5.78 Å². The molecule has 1 aromatic heterocycles. The Morgan fingerprint density at radius 1 is 1.09 bits per heavy atom. The number of nitrogens with zero attached hydrogens (tertiary/aromatic N) is 2. The fourth-order valence-electron chi connectivity index (χ4n) is 2.31. The van der Waals surface area contributed by atoms with Gasteiger partial charge in [0.05, 0.1) is 0 Å². The summed E-state index contributed by atoms with van der Waals surface area (Å²) >= 11 is 0. The van der Waals surface area contributed by atoms with E-state index in [1.54, 1.807) is 36.5 Å². The van der Waals surface area contributed by atoms with E-state index >= 15 is 0 Å². The van der Waals surface area contributed by atoms with Gasteiger partial charge >= 0.3 is 0 Å². The minimum absolute atomic E-state index is 0.00327. The third-order valence-electron chi connectivity index (χ3n) is 3.65. The monoisotopic (exact) mass is 311 g/mol. The lowest BCUT2D eigenvalue weighted by molar-refractivity contribution is 0.101. The van der Waals surface area contributed by atoms with E-state index in [0.717, 1.165) is 18.8 Å². The molecular weight excluding hydrogens is 290 g/mol. The number of amides is 1. The minimum atomic E-state index is -0.269. The predicted octanol–water partition coefficient (Wildman–Crippen LogP) is 3.38. The van der Waals surface area contributed by atoms with E-state index in [2.05, 4.69) is 29.0 Å². The van der Waals surface area contributed by atoms with Crippen LogP contribution in [0.25, 0.3) is 0 Å². The van der Waals surface area contributed by atoms with Crippen molar-refractivity contribution in [2.24, 2.45) is 0 Å². The van der Waals surface area contributed by atoms with Crippen LogP contribution in [-0.2, 0) is 0 Å². The molecule has 0 aliphatic carbocycles. The molecule has 23 heavy (non-hydrogen) atoms. The summed E-state index contributed by atoms with van der Waals surface area (Å²) < 4.78 is 0. The summed E-state index contributed by atoms with van der Waals surface area (Å²) in [6.07, 6.45) is 1.64. The number of hydrogen-bond donors (Lipinski definition) is 1. The van der Waals surface area contributed by atoms with Crippen LogP contribution in [0.4, 0.5) is 11.4 Å². The van der Waals surface area contributed by atoms with Gasteiger partial charge in [-0.25, -0.2) is 0 Å². The lowest BCUT2D eigenvalue weighted by Crippen LogP contribution is -2.23. The summed E-state index contributed by atoms with van der Waals surface area (Å²) in [7, 11) is 0. The smallest absolute Gasteiger partial charge is 0.274 e. The zero-order valence-electron chi connectivity index (χ0n) is 13.7. The summed E-state index contributed by atoms with van der Waals surface area (Å²) in [5.74, 6) is -0.272. The van der Waals surface area contributed by atoms with Gasteiger partial charge in [0, 0.05) is 36.2 Å². The van der Waals surface area contributed by atoms with Gasteiger partial charge in [-0.2, -0.15) is 0 Å². The highest BCUT2D eigenvalue weighted by Crippen LogP contribution is 2.16. The minimum Gasteiger partial charge on any atom is -0.372 e. The zero-order chi connectivity index (χ0) is 16.8. The number of carbonyl (C=O) groups excluding carboxylic acids is 2. The molecule has 0 saturated heterocycles. The van der Waals surface area contributed by atoms with E-state index in [4.69, 9.17) is 0 Å². The molecule has 1 amide bonds. The second-order valence-corrected chi connectivity index (χ2v) is 5.16. The molecule has 1 heterocycles. The largest absolute Gasteiger partial charge is 0.372 e. The number of aromatic nitrogens is 1. The van der Waals surface area contributed by atoms with Crippen LogP contribution in [0.3, 0.4) is 0 Å². The molecule has 0 aliphatic heterocycles. The van der Waals surface area contributed by atoms with Crippen molar-refractivity contribution in [2.45, 2.75) is 20.8 Å². The summed E-state index contributed by atoms with van der Waals surface area (Å²) in [6.45, 7) is 7.39. The van der Waals surface area contributed by atoms with Crippen LogP contribution in [0.5, 0.6) is 0 Å². The quantitative estimate of drug-likeness (QED) is 0.831. The third kappa shape index (κ3) is 4.16. The van der Waals surface area contributed by atoms with E-state index in [9.17, 15) is 9.59 Å². The second kappa shape index (κ2) is 7.54. The van der Waals surface area contributed by atoms with E-state index in [1.807, 2.05) is 6.07 Å². The van der Waals surface area contributed by atoms with Gasteiger partial charge in [0.1, 0.15) is 5.69 Å². The van der Waals surface area contributed by atoms with Gasteiger partial charge in [0.2, 0.25) is 0 Å². The molecular formula is C18H21N3O2. The number of hydrogen-bond acceptors (Lipinski definition) is 4. The Morgan fingerprint density at radius 2 is 1.74 bits per heavy atom. The predicted molar refractivity (Wildman–Crippen MR) is 92.2 cm³/mol. The number of ketones is 1. The van der Waals surface area contributed by atoms with E-state index in [-0.39, 0.29) is 11.7 Å². The average molecular weight is 311 g/mol. The lowest BCUT2D eigenvalue weighted by Gasteiger charge is -2.21. The molecule has 0 atom stereocenters. The van der Waals surface area contributed by atoms with Crippen LogP contribution < -0.4 is 10.2 Å². The van der Waals surface area contributed by atoms with Gasteiger partial charge in [-0.3, -0.25) is 14.6 Å². The number of Topliss-reactive ketones (excluding diaryl/α,β-unsaturated/α-hetero) is 1. The molecule has 120 valence electrons. The first-order valence-electron chi connectivity index (χ1n) is 7.68. The van der Waals surface area contributed by atoms with Crippen molar-refractivity contribution < 1.29 is 9.59 Å². The topological polar surface area (TPSA) is 62.3 Å². The molecule has 2 aromatic rings. The van der Waals surface area contributed by atoms with Gasteiger partial charge in [-0.15, -0.1) is 0 Å². The molecule has 5 heteroatoms. The number of nitrogens with one attached hydrogen (secondary N) is 1. The summed E-state index contributed by atoms with van der Waals surface area (Å²) in [4.78, 5) is 29.9. The van der Waals surface area contributed by atoms with Crippen molar-refractivity contribution in [1.29, 1.82) is 0 Å². The van der Waals surface area contributed by atoms with Crippen LogP contribution in [0.15, 0.2) is 42.6 Å². The van der Waals surface area contributed by atoms with Crippen molar-refractivity contribution >= 4 is 23.1 Å². The Labute approximate surface area is 136 Å². The number of carbonyl (C=O) groups is 2. The maximum Gasteiger partial charge on any atom is 0.274 e. The Balaban J connectivity index is 2.14. The Bertz CT molecular complexity index is 692. The molecule has 5 nitrogen and oxygen atoms in total. The van der Waals surface area contributed by atoms with Crippen molar-refractivity contribution in [3.8, 4) is 0 Å². The van der Waals surface area contributed by atoms with Gasteiger partial charge in [0.25, 0.3) is 5.91 Å². The SMILES string of the molecule is CCN(CC)c1ccnc(C(=O)Nc2ccc(C(C)=O)cc2)c1. The normalized spacial score (nSPS) is 10.2. The highest BCUT2D eigenvalue weighted by molar-refractivity contribution is 6.03. The number of pyridine rings is 1. The average Bonchev–Trinajstić information content (AvgIpc) is 2.57. The number of anilines is 2. The second-order valence-electron chi connectivity index (χ2n) is 5.16. The van der Waals surface area contributed by atoms with Crippen LogP contribution in [0.2, 0.25) is 0 Å². The van der Waals surface area contributed by atoms with Crippen LogP contribution >= 0.6 is 0 Å². The highest BCUT2D eigenvalue weighted by Gasteiger charge is 2.11. The maximum absolute atomic E-state index is 12.3. The fourth-order valence-corrected chi connectivity index (χ4v) is 2.31. The first-order valence-corrected chi connectivity index (χ1v) is 7.68. The van der Waals surface area contributed by atoms with Gasteiger partial charge < -0.3 is 10.2 Å². The van der Waals surface area contributed by atoms with E-state index in [0.29, 0.717) is 16.9 Å². The maximum atomic E-state index is 12.3. The van der Waals surface area contributed by atoms with Crippen molar-refractivity contribution in [2.75, 3.05) is 23.3 Å². The molecule has 1 aromatic carbocycles. The molecule has 0 bridgehead atoms. The van der Waals surface area contributed by atoms with E-state index < -0.39 is 0 Å². The molecule has 0 unspecified atom stereocenters. The standard InChI is InChI=1S/C18H21N3O2/c1-4-21(5-2)16-10-11-19-17(12-16)18(23)20-15-8-6-14(7-9-15)13(3)22/h6-12H,4-5H2,1-3H3,(H,20,23). The first kappa shape index (κ1) is 16.7. The molecule has 0 radical (unpaired) electrons. The number of rotatable bonds is 6. The molecule has 0 fully saturated rings. The number of benzene rings is 1. The van der Waals surface area contributed by atoms with Crippen LogP contribution in [0, 0.1) is 0 Å². The Morgan fingerprint density at radius 3 is 2.30 bits per heavy atom.